The van der Waals surface area contributed by atoms with E-state index in [1.165, 1.54) is 38.8 Å². The molecule has 1 aliphatic heterocycles. The van der Waals surface area contributed by atoms with Gasteiger partial charge in [0.2, 0.25) is 0 Å². The van der Waals surface area contributed by atoms with Gasteiger partial charge in [0.15, 0.2) is 28.8 Å². The van der Waals surface area contributed by atoms with Crippen molar-refractivity contribution in [3.8, 4) is 11.5 Å². The molecule has 3 aromatic rings. The number of aromatic amines is 1. The van der Waals surface area contributed by atoms with Crippen molar-refractivity contribution in [2.75, 3.05) is 31.1 Å². The van der Waals surface area contributed by atoms with Crippen LogP contribution in [0.2, 0.25) is 0 Å². The van der Waals surface area contributed by atoms with E-state index in [9.17, 15) is 9.59 Å². The molecule has 37 heavy (non-hydrogen) atoms. The molecule has 0 fully saturated rings. The number of carbonyl (C=O) groups is 2. The summed E-state index contributed by atoms with van der Waals surface area (Å²) in [6.07, 6.45) is 5.55. The lowest BCUT2D eigenvalue weighted by atomic mass is 9.97. The summed E-state index contributed by atoms with van der Waals surface area (Å²) >= 11 is 0. The van der Waals surface area contributed by atoms with Gasteiger partial charge in [0, 0.05) is 17.8 Å². The van der Waals surface area contributed by atoms with Gasteiger partial charge in [-0.25, -0.2) is 27.7 Å². The first-order valence-electron chi connectivity index (χ1n) is 11.0. The summed E-state index contributed by atoms with van der Waals surface area (Å²) in [4.78, 5) is 32.3. The van der Waals surface area contributed by atoms with E-state index in [0.717, 1.165) is 23.0 Å². The van der Waals surface area contributed by atoms with E-state index in [-0.39, 0.29) is 35.7 Å². The van der Waals surface area contributed by atoms with Crippen LogP contribution in [0.15, 0.2) is 42.0 Å². The van der Waals surface area contributed by atoms with E-state index >= 15 is 13.2 Å². The predicted molar refractivity (Wildman–Crippen MR) is 125 cm³/mol. The maximum absolute atomic E-state index is 15.7. The Kier molecular flexibility index (Phi) is 5.97. The predicted octanol–water partition coefficient (Wildman–Crippen LogP) is 3.93. The van der Waals surface area contributed by atoms with E-state index in [1.807, 2.05) is 0 Å². The normalized spacial score (nSPS) is 17.4. The van der Waals surface area contributed by atoms with Crippen LogP contribution in [-0.2, 0) is 16.1 Å². The van der Waals surface area contributed by atoms with Crippen LogP contribution in [0.25, 0.3) is 11.0 Å². The van der Waals surface area contributed by atoms with Crippen LogP contribution < -0.4 is 19.3 Å². The lowest BCUT2D eigenvalue weighted by Crippen LogP contribution is -2.53. The molecule has 0 bridgehead atoms. The molecule has 2 aromatic heterocycles. The van der Waals surface area contributed by atoms with Gasteiger partial charge in [0.25, 0.3) is 0 Å². The number of esters is 1. The third-order valence-electron chi connectivity index (χ3n) is 6.27. The second-order valence-corrected chi connectivity index (χ2v) is 8.17. The first-order chi connectivity index (χ1) is 17.8. The molecule has 3 heterocycles. The highest BCUT2D eigenvalue weighted by Gasteiger charge is 2.43. The van der Waals surface area contributed by atoms with Crippen LogP contribution in [0.3, 0.4) is 0 Å². The molecule has 1 atom stereocenters. The maximum Gasteiger partial charge on any atom is 0.340 e. The summed E-state index contributed by atoms with van der Waals surface area (Å²) in [5.74, 6) is -4.89. The fourth-order valence-corrected chi connectivity index (χ4v) is 4.54. The molecule has 2 amide bonds. The Morgan fingerprint density at radius 2 is 1.78 bits per heavy atom. The highest BCUT2D eigenvalue weighted by atomic mass is 19.1. The van der Waals surface area contributed by atoms with E-state index < -0.39 is 41.2 Å². The summed E-state index contributed by atoms with van der Waals surface area (Å²) in [5.41, 5.74) is -0.197. The Balaban J connectivity index is 1.75. The standard InChI is InChI=1S/C24H20F3N5O5/c1-35-15-7-16(36-2)19(27)21(18(15)26)31-10-11-8-28-22-13(9-29-30-22)20(11)32(24(31)34)14-6-4-5-12(17(14)25)23(33)37-3/h4-5,7-9,14H,6,10H2,1-3H3,(H,28,29,30). The molecule has 192 valence electrons. The van der Waals surface area contributed by atoms with Gasteiger partial charge < -0.3 is 14.2 Å². The number of amides is 2. The van der Waals surface area contributed by atoms with Crippen molar-refractivity contribution in [3.63, 3.8) is 0 Å². The first kappa shape index (κ1) is 24.2. The van der Waals surface area contributed by atoms with Crippen LogP contribution >= 0.6 is 0 Å². The summed E-state index contributed by atoms with van der Waals surface area (Å²) in [6, 6.07) is -1.26. The van der Waals surface area contributed by atoms with Gasteiger partial charge in [-0.15, -0.1) is 0 Å². The molecular formula is C24H20F3N5O5. The smallest absolute Gasteiger partial charge is 0.340 e. The zero-order valence-corrected chi connectivity index (χ0v) is 19.8. The summed E-state index contributed by atoms with van der Waals surface area (Å²) in [5, 5.41) is 7.03. The molecular weight excluding hydrogens is 495 g/mol. The lowest BCUT2D eigenvalue weighted by molar-refractivity contribution is -0.135. The van der Waals surface area contributed by atoms with Crippen LogP contribution in [0.1, 0.15) is 12.0 Å². The number of carbonyl (C=O) groups excluding carboxylic acids is 2. The lowest BCUT2D eigenvalue weighted by Gasteiger charge is -2.41. The van der Waals surface area contributed by atoms with Crippen molar-refractivity contribution in [3.05, 3.63) is 59.2 Å². The summed E-state index contributed by atoms with van der Waals surface area (Å²) < 4.78 is 61.3. The van der Waals surface area contributed by atoms with Crippen LogP contribution in [0.4, 0.5) is 29.3 Å². The molecule has 10 nitrogen and oxygen atoms in total. The van der Waals surface area contributed by atoms with Gasteiger partial charge in [0.05, 0.1) is 56.8 Å². The molecule has 0 spiro atoms. The van der Waals surface area contributed by atoms with Crippen LogP contribution in [0, 0.1) is 11.6 Å². The average Bonchev–Trinajstić information content (AvgIpc) is 3.38. The number of H-pyrrole nitrogens is 1. The number of pyridine rings is 1. The number of hydrogen-bond donors (Lipinski definition) is 1. The van der Waals surface area contributed by atoms with Crippen LogP contribution in [-0.4, -0.2) is 54.6 Å². The van der Waals surface area contributed by atoms with E-state index in [2.05, 4.69) is 19.9 Å². The highest BCUT2D eigenvalue weighted by molar-refractivity contribution is 6.12. The molecule has 0 saturated carbocycles. The van der Waals surface area contributed by atoms with Crippen LogP contribution in [0.5, 0.6) is 11.5 Å². The minimum absolute atomic E-state index is 0.0284. The molecule has 2 aliphatic rings. The molecule has 1 unspecified atom stereocenters. The number of rotatable bonds is 5. The van der Waals surface area contributed by atoms with E-state index in [0.29, 0.717) is 16.6 Å². The number of hydrogen-bond acceptors (Lipinski definition) is 7. The van der Waals surface area contributed by atoms with Crippen molar-refractivity contribution >= 4 is 34.4 Å². The summed E-state index contributed by atoms with van der Waals surface area (Å²) in [6.45, 7) is -0.305. The van der Waals surface area contributed by atoms with Gasteiger partial charge in [-0.1, -0.05) is 6.08 Å². The second-order valence-electron chi connectivity index (χ2n) is 8.17. The molecule has 0 radical (unpaired) electrons. The Morgan fingerprint density at radius 1 is 1.08 bits per heavy atom. The molecule has 1 aromatic carbocycles. The fourth-order valence-electron chi connectivity index (χ4n) is 4.54. The zero-order chi connectivity index (χ0) is 26.4. The first-order valence-corrected chi connectivity index (χ1v) is 11.0. The Morgan fingerprint density at radius 3 is 2.43 bits per heavy atom. The number of benzene rings is 1. The van der Waals surface area contributed by atoms with Gasteiger partial charge in [-0.3, -0.25) is 14.9 Å². The maximum atomic E-state index is 15.7. The number of urea groups is 1. The Labute approximate surface area is 207 Å². The third-order valence-corrected chi connectivity index (χ3v) is 6.27. The van der Waals surface area contributed by atoms with Gasteiger partial charge in [-0.05, 0) is 12.5 Å². The molecule has 1 N–H and O–H groups in total. The number of methoxy groups -OCH3 is 3. The number of nitrogens with zero attached hydrogens (tertiary/aromatic N) is 4. The molecule has 0 saturated heterocycles. The highest BCUT2D eigenvalue weighted by Crippen LogP contribution is 2.44. The second kappa shape index (κ2) is 9.15. The number of halogens is 3. The van der Waals surface area contributed by atoms with Crippen molar-refractivity contribution in [2.24, 2.45) is 0 Å². The van der Waals surface area contributed by atoms with Crippen molar-refractivity contribution < 1.29 is 37.0 Å². The SMILES string of the molecule is COC(=O)C1=C(F)C(N2C(=O)N(c3c(F)c(OC)cc(OC)c3F)Cc3cnc4[nH]ncc4c32)CC=C1. The van der Waals surface area contributed by atoms with Crippen molar-refractivity contribution in [2.45, 2.75) is 19.0 Å². The van der Waals surface area contributed by atoms with Gasteiger partial charge >= 0.3 is 12.0 Å². The quantitative estimate of drug-likeness (QED) is 0.513. The molecule has 13 heteroatoms. The van der Waals surface area contributed by atoms with Gasteiger partial charge in [-0.2, -0.15) is 5.10 Å². The number of aromatic nitrogens is 3. The summed E-state index contributed by atoms with van der Waals surface area (Å²) in [7, 11) is 3.47. The monoisotopic (exact) mass is 515 g/mol. The van der Waals surface area contributed by atoms with Crippen molar-refractivity contribution in [1.29, 1.82) is 0 Å². The minimum atomic E-state index is -1.33. The molecule has 1 aliphatic carbocycles. The van der Waals surface area contributed by atoms with E-state index in [1.54, 1.807) is 0 Å². The number of nitrogens with one attached hydrogen (secondary N) is 1. The minimum Gasteiger partial charge on any atom is -0.493 e. The third kappa shape index (κ3) is 3.65. The van der Waals surface area contributed by atoms with Gasteiger partial charge in [0.1, 0.15) is 11.5 Å². The number of ether oxygens (including phenoxy) is 3. The number of fused-ring (bicyclic) bond motifs is 3. The molecule has 5 rings (SSSR count). The largest absolute Gasteiger partial charge is 0.493 e. The van der Waals surface area contributed by atoms with Crippen molar-refractivity contribution in [1.82, 2.24) is 15.2 Å². The topological polar surface area (TPSA) is 110 Å². The Bertz CT molecular complexity index is 1470. The number of anilines is 2. The van der Waals surface area contributed by atoms with E-state index in [4.69, 9.17) is 9.47 Å². The zero-order valence-electron chi connectivity index (χ0n) is 19.8. The Hall–Kier alpha value is -4.55. The average molecular weight is 515 g/mol. The fraction of sp³-hybridized carbons (Fsp3) is 0.250.